The maximum Gasteiger partial charge on any atom is 0.137 e. The smallest absolute Gasteiger partial charge is 0.137 e. The Morgan fingerprint density at radius 3 is 2.80 bits per heavy atom. The molecule has 0 saturated heterocycles. The minimum atomic E-state index is -0.309. The van der Waals surface area contributed by atoms with E-state index in [1.807, 2.05) is 0 Å². The Balaban J connectivity index is 2.01. The number of hydrogen-bond acceptors (Lipinski definition) is 2. The maximum atomic E-state index is 13.3. The van der Waals surface area contributed by atoms with Crippen molar-refractivity contribution in [3.8, 4) is 17.6 Å². The molecule has 20 heavy (non-hydrogen) atoms. The summed E-state index contributed by atoms with van der Waals surface area (Å²) in [4.78, 5) is 0. The Kier molecular flexibility index (Phi) is 5.88. The predicted molar refractivity (Wildman–Crippen MR) is 77.1 cm³/mol. The standard InChI is InChI=1S/C17H21FO2/c18-16-10-9-15(8-4-5-11-19)17(12-16)20-13-14-6-2-1-3-7-14/h9-10,12,14,19H,1-3,5-7,11,13H2. The number of hydrogen-bond donors (Lipinski definition) is 1. The summed E-state index contributed by atoms with van der Waals surface area (Å²) in [5, 5.41) is 8.74. The van der Waals surface area contributed by atoms with Gasteiger partial charge in [0.2, 0.25) is 0 Å². The second-order valence-electron chi connectivity index (χ2n) is 5.23. The second kappa shape index (κ2) is 7.91. The second-order valence-corrected chi connectivity index (χ2v) is 5.23. The first-order chi connectivity index (χ1) is 9.79. The van der Waals surface area contributed by atoms with Crippen LogP contribution in [0.5, 0.6) is 5.75 Å². The van der Waals surface area contributed by atoms with Gasteiger partial charge >= 0.3 is 0 Å². The lowest BCUT2D eigenvalue weighted by atomic mass is 9.90. The third-order valence-corrected chi connectivity index (χ3v) is 3.60. The van der Waals surface area contributed by atoms with Crippen molar-refractivity contribution in [3.05, 3.63) is 29.6 Å². The molecule has 0 spiro atoms. The van der Waals surface area contributed by atoms with Crippen molar-refractivity contribution >= 4 is 0 Å². The molecule has 0 bridgehead atoms. The summed E-state index contributed by atoms with van der Waals surface area (Å²) in [6, 6.07) is 4.41. The van der Waals surface area contributed by atoms with E-state index in [9.17, 15) is 4.39 Å². The monoisotopic (exact) mass is 276 g/mol. The fourth-order valence-electron chi connectivity index (χ4n) is 2.49. The molecule has 0 unspecified atom stereocenters. The van der Waals surface area contributed by atoms with Crippen LogP contribution in [0.3, 0.4) is 0 Å². The molecular weight excluding hydrogens is 255 g/mol. The summed E-state index contributed by atoms with van der Waals surface area (Å²) in [6.45, 7) is 0.671. The minimum Gasteiger partial charge on any atom is -0.492 e. The number of halogens is 1. The third kappa shape index (κ3) is 4.54. The summed E-state index contributed by atoms with van der Waals surface area (Å²) < 4.78 is 19.1. The average Bonchev–Trinajstić information content (AvgIpc) is 2.48. The number of rotatable bonds is 4. The highest BCUT2D eigenvalue weighted by Crippen LogP contribution is 2.26. The molecular formula is C17H21FO2. The summed E-state index contributed by atoms with van der Waals surface area (Å²) in [5.74, 6) is 6.55. The van der Waals surface area contributed by atoms with E-state index >= 15 is 0 Å². The molecule has 1 aliphatic carbocycles. The molecule has 1 aliphatic rings. The topological polar surface area (TPSA) is 29.5 Å². The fraction of sp³-hybridized carbons (Fsp3) is 0.529. The number of aliphatic hydroxyl groups is 1. The van der Waals surface area contributed by atoms with Crippen molar-refractivity contribution in [2.24, 2.45) is 5.92 Å². The van der Waals surface area contributed by atoms with Crippen molar-refractivity contribution in [2.45, 2.75) is 38.5 Å². The van der Waals surface area contributed by atoms with E-state index in [4.69, 9.17) is 9.84 Å². The van der Waals surface area contributed by atoms with Gasteiger partial charge in [0.15, 0.2) is 0 Å². The van der Waals surface area contributed by atoms with Crippen LogP contribution in [-0.2, 0) is 0 Å². The largest absolute Gasteiger partial charge is 0.492 e. The molecule has 2 nitrogen and oxygen atoms in total. The van der Waals surface area contributed by atoms with E-state index in [1.54, 1.807) is 6.07 Å². The molecule has 1 fully saturated rings. The van der Waals surface area contributed by atoms with Crippen molar-refractivity contribution in [1.29, 1.82) is 0 Å². The molecule has 0 radical (unpaired) electrons. The van der Waals surface area contributed by atoms with Gasteiger partial charge in [0, 0.05) is 12.5 Å². The van der Waals surface area contributed by atoms with Gasteiger partial charge in [-0.1, -0.05) is 31.1 Å². The van der Waals surface area contributed by atoms with E-state index in [-0.39, 0.29) is 12.4 Å². The van der Waals surface area contributed by atoms with Crippen molar-refractivity contribution < 1.29 is 14.2 Å². The van der Waals surface area contributed by atoms with Gasteiger partial charge in [-0.15, -0.1) is 0 Å². The summed E-state index contributed by atoms with van der Waals surface area (Å²) in [7, 11) is 0. The highest BCUT2D eigenvalue weighted by molar-refractivity contribution is 5.46. The normalized spacial score (nSPS) is 15.5. The molecule has 2 rings (SSSR count). The van der Waals surface area contributed by atoms with Crippen LogP contribution in [0.4, 0.5) is 4.39 Å². The van der Waals surface area contributed by atoms with Gasteiger partial charge in [0.1, 0.15) is 11.6 Å². The van der Waals surface area contributed by atoms with Gasteiger partial charge in [-0.3, -0.25) is 0 Å². The Bertz CT molecular complexity index is 481. The molecule has 0 heterocycles. The van der Waals surface area contributed by atoms with Crippen LogP contribution in [0.2, 0.25) is 0 Å². The zero-order chi connectivity index (χ0) is 14.2. The quantitative estimate of drug-likeness (QED) is 0.853. The van der Waals surface area contributed by atoms with Gasteiger partial charge in [-0.05, 0) is 30.9 Å². The first kappa shape index (κ1) is 14.9. The highest BCUT2D eigenvalue weighted by atomic mass is 19.1. The number of benzene rings is 1. The Hall–Kier alpha value is -1.53. The molecule has 0 amide bonds. The molecule has 0 atom stereocenters. The van der Waals surface area contributed by atoms with Gasteiger partial charge in [0.25, 0.3) is 0 Å². The van der Waals surface area contributed by atoms with Crippen LogP contribution in [0, 0.1) is 23.6 Å². The average molecular weight is 276 g/mol. The first-order valence-electron chi connectivity index (χ1n) is 7.31. The minimum absolute atomic E-state index is 0.0342. The van der Waals surface area contributed by atoms with E-state index in [0.29, 0.717) is 30.3 Å². The van der Waals surface area contributed by atoms with Crippen molar-refractivity contribution in [3.63, 3.8) is 0 Å². The zero-order valence-corrected chi connectivity index (χ0v) is 11.7. The van der Waals surface area contributed by atoms with E-state index in [1.165, 1.54) is 44.2 Å². The fourth-order valence-corrected chi connectivity index (χ4v) is 2.49. The lowest BCUT2D eigenvalue weighted by Crippen LogP contribution is -2.15. The van der Waals surface area contributed by atoms with E-state index in [2.05, 4.69) is 11.8 Å². The van der Waals surface area contributed by atoms with E-state index in [0.717, 1.165) is 0 Å². The van der Waals surface area contributed by atoms with E-state index < -0.39 is 0 Å². The van der Waals surface area contributed by atoms with Crippen LogP contribution in [0.15, 0.2) is 18.2 Å². The zero-order valence-electron chi connectivity index (χ0n) is 11.7. The molecule has 1 aromatic rings. The van der Waals surface area contributed by atoms with Gasteiger partial charge in [-0.2, -0.15) is 0 Å². The summed E-state index contributed by atoms with van der Waals surface area (Å²) in [6.07, 6.45) is 6.65. The predicted octanol–water partition coefficient (Wildman–Crippen LogP) is 3.52. The lowest BCUT2D eigenvalue weighted by Gasteiger charge is -2.22. The number of aliphatic hydroxyl groups excluding tert-OH is 1. The van der Waals surface area contributed by atoms with Gasteiger partial charge in [-0.25, -0.2) is 4.39 Å². The molecule has 1 saturated carbocycles. The van der Waals surface area contributed by atoms with Crippen LogP contribution in [-0.4, -0.2) is 18.3 Å². The molecule has 1 aromatic carbocycles. The van der Waals surface area contributed by atoms with Crippen LogP contribution < -0.4 is 4.74 Å². The molecule has 0 aliphatic heterocycles. The van der Waals surface area contributed by atoms with Crippen molar-refractivity contribution in [2.75, 3.05) is 13.2 Å². The van der Waals surface area contributed by atoms with Gasteiger partial charge < -0.3 is 9.84 Å². The van der Waals surface area contributed by atoms with Gasteiger partial charge in [0.05, 0.1) is 18.8 Å². The molecule has 108 valence electrons. The Morgan fingerprint density at radius 1 is 1.25 bits per heavy atom. The number of ether oxygens (including phenoxy) is 1. The Morgan fingerprint density at radius 2 is 2.05 bits per heavy atom. The lowest BCUT2D eigenvalue weighted by molar-refractivity contribution is 0.208. The first-order valence-corrected chi connectivity index (χ1v) is 7.31. The molecule has 3 heteroatoms. The Labute approximate surface area is 120 Å². The van der Waals surface area contributed by atoms with Crippen LogP contribution >= 0.6 is 0 Å². The third-order valence-electron chi connectivity index (χ3n) is 3.60. The van der Waals surface area contributed by atoms with Crippen molar-refractivity contribution in [1.82, 2.24) is 0 Å². The molecule has 0 aromatic heterocycles. The molecule has 1 N–H and O–H groups in total. The van der Waals surface area contributed by atoms with Crippen LogP contribution in [0.25, 0.3) is 0 Å². The highest BCUT2D eigenvalue weighted by Gasteiger charge is 2.14. The maximum absolute atomic E-state index is 13.3. The summed E-state index contributed by atoms with van der Waals surface area (Å²) >= 11 is 0. The van der Waals surface area contributed by atoms with Crippen LogP contribution in [0.1, 0.15) is 44.1 Å². The SMILES string of the molecule is OCCC#Cc1ccc(F)cc1OCC1CCCCC1. The summed E-state index contributed by atoms with van der Waals surface area (Å²) in [5.41, 5.74) is 0.690.